The molecule has 2 N–H and O–H groups in total. The highest BCUT2D eigenvalue weighted by molar-refractivity contribution is 5.10. The maximum atomic E-state index is 12.6. The summed E-state index contributed by atoms with van der Waals surface area (Å²) in [5.74, 6) is 4.50. The van der Waals surface area contributed by atoms with Gasteiger partial charge in [0.15, 0.2) is 0 Å². The fourth-order valence-corrected chi connectivity index (χ4v) is 10.8. The van der Waals surface area contributed by atoms with Crippen molar-refractivity contribution in [2.75, 3.05) is 0 Å². The Balaban J connectivity index is 1.19. The third-order valence-corrected chi connectivity index (χ3v) is 12.9. The summed E-state index contributed by atoms with van der Waals surface area (Å²) >= 11 is 0. The molecule has 5 saturated carbocycles. The molecule has 0 aliphatic heterocycles. The van der Waals surface area contributed by atoms with Gasteiger partial charge in [-0.1, -0.05) is 20.8 Å². The summed E-state index contributed by atoms with van der Waals surface area (Å²) in [5, 5.41) is 21.9. The van der Waals surface area contributed by atoms with Crippen LogP contribution in [0.3, 0.4) is 0 Å². The zero-order valence-corrected chi connectivity index (χ0v) is 23.3. The number of aliphatic hydroxyl groups is 2. The normalized spacial score (nSPS) is 51.9. The summed E-state index contributed by atoms with van der Waals surface area (Å²) < 4.78 is 29.8. The molecule has 5 aliphatic carbocycles. The molecule has 0 aromatic rings. The molecule has 0 radical (unpaired) electrons. The van der Waals surface area contributed by atoms with E-state index < -0.39 is 23.9 Å². The smallest absolute Gasteiger partial charge is 0.345 e. The Morgan fingerprint density at radius 1 is 0.806 bits per heavy atom. The summed E-state index contributed by atoms with van der Waals surface area (Å²) in [4.78, 5) is 0. The topological polar surface area (TPSA) is 49.7 Å². The van der Waals surface area contributed by atoms with Gasteiger partial charge in [-0.15, -0.1) is 0 Å². The van der Waals surface area contributed by atoms with E-state index in [4.69, 9.17) is 4.74 Å². The maximum absolute atomic E-state index is 12.6. The van der Waals surface area contributed by atoms with Crippen molar-refractivity contribution in [1.29, 1.82) is 0 Å². The van der Waals surface area contributed by atoms with Gasteiger partial charge in [-0.2, -0.15) is 8.78 Å². The highest BCUT2D eigenvalue weighted by Crippen LogP contribution is 2.69. The minimum absolute atomic E-state index is 0.403. The van der Waals surface area contributed by atoms with Crippen molar-refractivity contribution in [3.05, 3.63) is 0 Å². The third-order valence-electron chi connectivity index (χ3n) is 12.9. The van der Waals surface area contributed by atoms with E-state index in [0.717, 1.165) is 49.4 Å². The van der Waals surface area contributed by atoms with Crippen molar-refractivity contribution in [2.24, 2.45) is 46.3 Å². The van der Waals surface area contributed by atoms with Gasteiger partial charge < -0.3 is 14.9 Å². The average Bonchev–Trinajstić information content (AvgIpc) is 3.17. The van der Waals surface area contributed by atoms with Crippen LogP contribution in [0.5, 0.6) is 0 Å². The molecule has 5 heteroatoms. The second kappa shape index (κ2) is 9.73. The Bertz CT molecular complexity index is 778. The fourth-order valence-electron chi connectivity index (χ4n) is 10.8. The van der Waals surface area contributed by atoms with E-state index in [0.29, 0.717) is 48.3 Å². The van der Waals surface area contributed by atoms with E-state index in [2.05, 4.69) is 27.7 Å². The molecule has 0 amide bonds. The van der Waals surface area contributed by atoms with Gasteiger partial charge in [0.05, 0.1) is 17.3 Å². The first-order chi connectivity index (χ1) is 16.9. The van der Waals surface area contributed by atoms with Gasteiger partial charge in [-0.05, 0) is 150 Å². The molecule has 208 valence electrons. The zero-order chi connectivity index (χ0) is 25.9. The summed E-state index contributed by atoms with van der Waals surface area (Å²) in [6.45, 7) is 6.94. The lowest BCUT2D eigenvalue weighted by atomic mass is 9.43. The molecule has 0 aromatic heterocycles. The van der Waals surface area contributed by atoms with Crippen LogP contribution in [0.25, 0.3) is 0 Å². The minimum Gasteiger partial charge on any atom is -0.390 e. The monoisotopic (exact) mass is 510 g/mol. The van der Waals surface area contributed by atoms with Crippen LogP contribution < -0.4 is 0 Å². The lowest BCUT2D eigenvalue weighted by Crippen LogP contribution is -2.55. The lowest BCUT2D eigenvalue weighted by molar-refractivity contribution is -0.181. The van der Waals surface area contributed by atoms with Crippen LogP contribution in [0.2, 0.25) is 0 Å². The molecule has 5 rings (SSSR count). The van der Waals surface area contributed by atoms with Crippen LogP contribution in [0, 0.1) is 46.3 Å². The molecule has 0 bridgehead atoms. The molecule has 5 aliphatic rings. The molecule has 0 saturated heterocycles. The number of rotatable bonds is 6. The van der Waals surface area contributed by atoms with Crippen molar-refractivity contribution in [3.8, 4) is 0 Å². The van der Waals surface area contributed by atoms with E-state index >= 15 is 0 Å². The zero-order valence-electron chi connectivity index (χ0n) is 23.3. The van der Waals surface area contributed by atoms with Crippen LogP contribution in [0.1, 0.15) is 124 Å². The Morgan fingerprint density at radius 2 is 1.50 bits per heavy atom. The van der Waals surface area contributed by atoms with Gasteiger partial charge in [0, 0.05) is 0 Å². The Morgan fingerprint density at radius 3 is 2.19 bits per heavy atom. The van der Waals surface area contributed by atoms with E-state index in [1.54, 1.807) is 0 Å². The molecular weight excluding hydrogens is 458 g/mol. The van der Waals surface area contributed by atoms with Crippen LogP contribution in [-0.2, 0) is 4.74 Å². The first kappa shape index (κ1) is 27.3. The molecule has 5 fully saturated rings. The summed E-state index contributed by atoms with van der Waals surface area (Å²) in [6.07, 6.45) is 14.8. The largest absolute Gasteiger partial charge is 0.390 e. The maximum Gasteiger partial charge on any atom is 0.345 e. The van der Waals surface area contributed by atoms with Crippen LogP contribution in [-0.4, -0.2) is 34.1 Å². The van der Waals surface area contributed by atoms with Gasteiger partial charge in [-0.25, -0.2) is 0 Å². The molecular formula is C31H52F2O3. The summed E-state index contributed by atoms with van der Waals surface area (Å²) in [6, 6.07) is 0. The number of fused-ring (bicyclic) bond motifs is 5. The Labute approximate surface area is 218 Å². The summed E-state index contributed by atoms with van der Waals surface area (Å²) in [5.41, 5.74) is -0.350. The van der Waals surface area contributed by atoms with Crippen molar-refractivity contribution in [2.45, 2.75) is 148 Å². The number of halogens is 2. The second-order valence-corrected chi connectivity index (χ2v) is 14.9. The van der Waals surface area contributed by atoms with Gasteiger partial charge >= 0.3 is 6.61 Å². The Kier molecular flexibility index (Phi) is 7.39. The third kappa shape index (κ3) is 4.92. The second-order valence-electron chi connectivity index (χ2n) is 14.9. The van der Waals surface area contributed by atoms with Crippen molar-refractivity contribution < 1.29 is 23.7 Å². The van der Waals surface area contributed by atoms with Gasteiger partial charge in [-0.3, -0.25) is 0 Å². The highest BCUT2D eigenvalue weighted by atomic mass is 19.3. The molecule has 36 heavy (non-hydrogen) atoms. The van der Waals surface area contributed by atoms with Crippen molar-refractivity contribution in [3.63, 3.8) is 0 Å². The quantitative estimate of drug-likeness (QED) is 0.384. The molecule has 3 nitrogen and oxygen atoms in total. The average molecular weight is 511 g/mol. The standard InChI is InChI=1S/C31H52F2O3/c1-20(9-14-31(35)15-10-22(11-16-31)36-27(32)33)24-7-8-25-23-6-5-21-19-28(2,34)17-18-29(21,3)26(23)12-13-30(24,25)4/h20-27,34-35H,5-19H2,1-4H3/t20-,21+,22?,23+,24-,25+,26+,28+,29+,30-,31?/m1/s1. The van der Waals surface area contributed by atoms with E-state index in [1.165, 1.54) is 44.9 Å². The Hall–Kier alpha value is -0.260. The number of hydrogen-bond acceptors (Lipinski definition) is 3. The predicted molar refractivity (Wildman–Crippen MR) is 139 cm³/mol. The van der Waals surface area contributed by atoms with Crippen LogP contribution in [0.4, 0.5) is 8.78 Å². The molecule has 0 heterocycles. The molecule has 9 atom stereocenters. The van der Waals surface area contributed by atoms with Gasteiger partial charge in [0.2, 0.25) is 0 Å². The number of alkyl halides is 2. The van der Waals surface area contributed by atoms with Gasteiger partial charge in [0.1, 0.15) is 0 Å². The lowest BCUT2D eigenvalue weighted by Gasteiger charge is -2.62. The molecule has 0 unspecified atom stereocenters. The number of ether oxygens (including phenoxy) is 1. The van der Waals surface area contributed by atoms with E-state index in [1.807, 2.05) is 0 Å². The van der Waals surface area contributed by atoms with Gasteiger partial charge in [0.25, 0.3) is 0 Å². The molecule has 0 spiro atoms. The van der Waals surface area contributed by atoms with E-state index in [9.17, 15) is 19.0 Å². The highest BCUT2D eigenvalue weighted by Gasteiger charge is 2.61. The number of hydrogen-bond donors (Lipinski definition) is 2. The minimum atomic E-state index is -2.71. The summed E-state index contributed by atoms with van der Waals surface area (Å²) in [7, 11) is 0. The SMILES string of the molecule is C[C@H](CCC1(O)CCC(OC(F)F)CC1)[C@H]1CC[C@H]2[C@@H]3CC[C@H]4C[C@@](C)(O)CC[C@]4(C)[C@H]3CC[C@]12C. The van der Waals surface area contributed by atoms with Crippen LogP contribution in [0.15, 0.2) is 0 Å². The fraction of sp³-hybridized carbons (Fsp3) is 1.00. The van der Waals surface area contributed by atoms with Crippen LogP contribution >= 0.6 is 0 Å². The first-order valence-electron chi connectivity index (χ1n) is 15.2. The molecule has 0 aromatic carbocycles. The predicted octanol–water partition coefficient (Wildman–Crippen LogP) is 7.73. The first-order valence-corrected chi connectivity index (χ1v) is 15.2. The van der Waals surface area contributed by atoms with Crippen molar-refractivity contribution in [1.82, 2.24) is 0 Å². The van der Waals surface area contributed by atoms with E-state index in [-0.39, 0.29) is 0 Å². The van der Waals surface area contributed by atoms with Crippen molar-refractivity contribution >= 4 is 0 Å².